The summed E-state index contributed by atoms with van der Waals surface area (Å²) in [6.45, 7) is 3.65. The van der Waals surface area contributed by atoms with Crippen LogP contribution in [-0.4, -0.2) is 22.9 Å². The third-order valence-electron chi connectivity index (χ3n) is 4.32. The molecule has 6 nitrogen and oxygen atoms in total. The maximum Gasteiger partial charge on any atom is 0.265 e. The fourth-order valence-electron chi connectivity index (χ4n) is 2.88. The van der Waals surface area contributed by atoms with Gasteiger partial charge in [0.15, 0.2) is 11.2 Å². The molecule has 28 heavy (non-hydrogen) atoms. The van der Waals surface area contributed by atoms with Crippen molar-refractivity contribution in [2.75, 3.05) is 10.6 Å². The van der Waals surface area contributed by atoms with Crippen molar-refractivity contribution in [1.82, 2.24) is 4.98 Å². The number of hydrogen-bond donors (Lipinski definition) is 2. The van der Waals surface area contributed by atoms with Gasteiger partial charge in [-0.05, 0) is 60.1 Å². The first kappa shape index (κ1) is 18.6. The Hall–Kier alpha value is -2.71. The number of fused-ring (bicyclic) bond motifs is 1. The monoisotopic (exact) mass is 457 g/mol. The minimum atomic E-state index is -0.515. The number of carbonyl (C=O) groups excluding carboxylic acids is 2. The maximum absolute atomic E-state index is 12.5. The van der Waals surface area contributed by atoms with Crippen LogP contribution in [0.1, 0.15) is 22.2 Å². The van der Waals surface area contributed by atoms with Crippen molar-refractivity contribution in [3.05, 3.63) is 57.4 Å². The van der Waals surface area contributed by atoms with Crippen molar-refractivity contribution in [3.8, 4) is 17.0 Å². The number of nitrogens with zero attached hydrogens (tertiary/aromatic N) is 1. The number of thiazole rings is 1. The zero-order valence-corrected chi connectivity index (χ0v) is 17.5. The van der Waals surface area contributed by atoms with E-state index < -0.39 is 6.10 Å². The molecule has 1 aromatic heterocycles. The number of anilines is 2. The van der Waals surface area contributed by atoms with Crippen molar-refractivity contribution in [2.24, 2.45) is 0 Å². The summed E-state index contributed by atoms with van der Waals surface area (Å²) in [6, 6.07) is 12.8. The molecule has 2 heterocycles. The highest BCUT2D eigenvalue weighted by atomic mass is 79.9. The topological polar surface area (TPSA) is 80.3 Å². The molecule has 1 aliphatic rings. The largest absolute Gasteiger partial charge is 0.479 e. The number of ether oxygens (including phenoxy) is 1. The summed E-state index contributed by atoms with van der Waals surface area (Å²) in [5.41, 5.74) is 2.75. The summed E-state index contributed by atoms with van der Waals surface area (Å²) < 4.78 is 6.31. The van der Waals surface area contributed by atoms with Gasteiger partial charge >= 0.3 is 0 Å². The molecular weight excluding hydrogens is 442 g/mol. The van der Waals surface area contributed by atoms with Crippen LogP contribution in [-0.2, 0) is 4.79 Å². The molecule has 3 aromatic rings. The lowest BCUT2D eigenvalue weighted by Gasteiger charge is -2.23. The minimum absolute atomic E-state index is 0.180. The SMILES string of the molecule is Cc1sc(NC(=O)c2ccccc2Br)nc1-c1ccc2c(c1)NC(=O)[C@H](C)O2. The summed E-state index contributed by atoms with van der Waals surface area (Å²) in [6.07, 6.45) is -0.515. The Kier molecular flexibility index (Phi) is 4.91. The van der Waals surface area contributed by atoms with Gasteiger partial charge in [0.05, 0.1) is 16.9 Å². The van der Waals surface area contributed by atoms with E-state index in [1.165, 1.54) is 11.3 Å². The van der Waals surface area contributed by atoms with Crippen molar-refractivity contribution in [1.29, 1.82) is 0 Å². The Balaban J connectivity index is 1.60. The Morgan fingerprint density at radius 2 is 2.07 bits per heavy atom. The summed E-state index contributed by atoms with van der Waals surface area (Å²) in [5, 5.41) is 6.21. The van der Waals surface area contributed by atoms with E-state index in [2.05, 4.69) is 31.5 Å². The van der Waals surface area contributed by atoms with Crippen molar-refractivity contribution in [2.45, 2.75) is 20.0 Å². The van der Waals surface area contributed by atoms with Gasteiger partial charge in [-0.15, -0.1) is 11.3 Å². The van der Waals surface area contributed by atoms with E-state index in [1.807, 2.05) is 43.3 Å². The van der Waals surface area contributed by atoms with E-state index in [-0.39, 0.29) is 11.8 Å². The van der Waals surface area contributed by atoms with Crippen LogP contribution in [0.15, 0.2) is 46.9 Å². The van der Waals surface area contributed by atoms with Crippen LogP contribution in [0.25, 0.3) is 11.3 Å². The van der Waals surface area contributed by atoms with Gasteiger partial charge in [-0.25, -0.2) is 4.98 Å². The second-order valence-electron chi connectivity index (χ2n) is 6.32. The number of aromatic nitrogens is 1. The lowest BCUT2D eigenvalue weighted by Crippen LogP contribution is -2.34. The van der Waals surface area contributed by atoms with Crippen LogP contribution < -0.4 is 15.4 Å². The average Bonchev–Trinajstić information content (AvgIpc) is 3.02. The molecule has 0 fully saturated rings. The first-order valence-electron chi connectivity index (χ1n) is 8.57. The van der Waals surface area contributed by atoms with Crippen LogP contribution >= 0.6 is 27.3 Å². The van der Waals surface area contributed by atoms with Crippen molar-refractivity contribution in [3.63, 3.8) is 0 Å². The standard InChI is InChI=1S/C20H16BrN3O3S/c1-10-18(25)22-15-9-12(7-8-16(15)27-10)17-11(2)28-20(23-17)24-19(26)13-5-3-4-6-14(13)21/h3-10H,1-2H3,(H,22,25)(H,23,24,26)/t10-/m0/s1. The van der Waals surface area contributed by atoms with Gasteiger partial charge in [0.2, 0.25) is 0 Å². The van der Waals surface area contributed by atoms with E-state index in [9.17, 15) is 9.59 Å². The molecule has 0 saturated heterocycles. The van der Waals surface area contributed by atoms with E-state index in [0.29, 0.717) is 22.1 Å². The smallest absolute Gasteiger partial charge is 0.265 e. The zero-order chi connectivity index (χ0) is 19.8. The number of hydrogen-bond acceptors (Lipinski definition) is 5. The van der Waals surface area contributed by atoms with E-state index in [4.69, 9.17) is 4.74 Å². The predicted molar refractivity (Wildman–Crippen MR) is 113 cm³/mol. The third kappa shape index (κ3) is 3.53. The normalized spacial score (nSPS) is 15.4. The quantitative estimate of drug-likeness (QED) is 0.588. The van der Waals surface area contributed by atoms with Crippen LogP contribution in [0.3, 0.4) is 0 Å². The molecule has 2 N–H and O–H groups in total. The van der Waals surface area contributed by atoms with Crippen LogP contribution in [0, 0.1) is 6.92 Å². The fourth-order valence-corrected chi connectivity index (χ4v) is 4.18. The number of benzene rings is 2. The second-order valence-corrected chi connectivity index (χ2v) is 8.38. The van der Waals surface area contributed by atoms with Crippen molar-refractivity contribution >= 4 is 49.9 Å². The van der Waals surface area contributed by atoms with Crippen LogP contribution in [0.5, 0.6) is 5.75 Å². The van der Waals surface area contributed by atoms with Gasteiger partial charge in [0.25, 0.3) is 11.8 Å². The molecule has 2 amide bonds. The Morgan fingerprint density at radius 3 is 2.86 bits per heavy atom. The first-order valence-corrected chi connectivity index (χ1v) is 10.2. The van der Waals surface area contributed by atoms with Gasteiger partial charge in [0, 0.05) is 14.9 Å². The number of nitrogens with one attached hydrogen (secondary N) is 2. The predicted octanol–water partition coefficient (Wildman–Crippen LogP) is 4.85. The number of carbonyl (C=O) groups is 2. The maximum atomic E-state index is 12.5. The molecule has 0 bridgehead atoms. The van der Waals surface area contributed by atoms with E-state index in [1.54, 1.807) is 13.0 Å². The van der Waals surface area contributed by atoms with Crippen LogP contribution in [0.2, 0.25) is 0 Å². The Morgan fingerprint density at radius 1 is 1.29 bits per heavy atom. The van der Waals surface area contributed by atoms with Gasteiger partial charge < -0.3 is 10.1 Å². The fraction of sp³-hybridized carbons (Fsp3) is 0.150. The van der Waals surface area contributed by atoms with Crippen LogP contribution in [0.4, 0.5) is 10.8 Å². The molecule has 0 aliphatic carbocycles. The summed E-state index contributed by atoms with van der Waals surface area (Å²) in [7, 11) is 0. The number of halogens is 1. The van der Waals surface area contributed by atoms with Gasteiger partial charge in [-0.1, -0.05) is 12.1 Å². The highest BCUT2D eigenvalue weighted by molar-refractivity contribution is 9.10. The average molecular weight is 458 g/mol. The summed E-state index contributed by atoms with van der Waals surface area (Å²) in [4.78, 5) is 29.9. The minimum Gasteiger partial charge on any atom is -0.479 e. The van der Waals surface area contributed by atoms with Crippen molar-refractivity contribution < 1.29 is 14.3 Å². The van der Waals surface area contributed by atoms with Gasteiger partial charge in [0.1, 0.15) is 5.75 Å². The van der Waals surface area contributed by atoms with Gasteiger partial charge in [-0.2, -0.15) is 0 Å². The molecule has 0 radical (unpaired) electrons. The Labute approximate surface area is 174 Å². The summed E-state index contributed by atoms with van der Waals surface area (Å²) in [5.74, 6) is 0.222. The first-order chi connectivity index (χ1) is 13.4. The van der Waals surface area contributed by atoms with Gasteiger partial charge in [-0.3, -0.25) is 14.9 Å². The molecule has 8 heteroatoms. The highest BCUT2D eigenvalue weighted by Gasteiger charge is 2.24. The lowest BCUT2D eigenvalue weighted by molar-refractivity contribution is -0.122. The second kappa shape index (κ2) is 7.37. The molecule has 1 atom stereocenters. The number of aryl methyl sites for hydroxylation is 1. The highest BCUT2D eigenvalue weighted by Crippen LogP contribution is 2.37. The molecule has 0 unspecified atom stereocenters. The molecule has 1 aliphatic heterocycles. The molecule has 2 aromatic carbocycles. The Bertz CT molecular complexity index is 1100. The molecule has 142 valence electrons. The number of rotatable bonds is 3. The summed E-state index contributed by atoms with van der Waals surface area (Å²) >= 11 is 4.79. The molecule has 0 spiro atoms. The lowest BCUT2D eigenvalue weighted by atomic mass is 10.1. The zero-order valence-electron chi connectivity index (χ0n) is 15.1. The molecule has 4 rings (SSSR count). The molecular formula is C20H16BrN3O3S. The third-order valence-corrected chi connectivity index (χ3v) is 5.90. The van der Waals surface area contributed by atoms with E-state index >= 15 is 0 Å². The number of amides is 2. The van der Waals surface area contributed by atoms with E-state index in [0.717, 1.165) is 20.6 Å². The molecule has 0 saturated carbocycles.